The van der Waals surface area contributed by atoms with Crippen LogP contribution in [0.5, 0.6) is 5.75 Å². The van der Waals surface area contributed by atoms with Crippen molar-refractivity contribution in [2.45, 2.75) is 18.5 Å². The number of fused-ring (bicyclic) bond motifs is 1. The number of phenols is 1. The van der Waals surface area contributed by atoms with E-state index in [9.17, 15) is 14.7 Å². The minimum absolute atomic E-state index is 0.0000737. The molecule has 1 unspecified atom stereocenters. The van der Waals surface area contributed by atoms with Gasteiger partial charge in [-0.1, -0.05) is 23.2 Å². The van der Waals surface area contributed by atoms with Crippen molar-refractivity contribution < 1.29 is 9.90 Å². The molecule has 5 rings (SSSR count). The number of hydrogen-bond donors (Lipinski definition) is 3. The molecule has 1 aromatic carbocycles. The second kappa shape index (κ2) is 8.42. The maximum atomic E-state index is 12.9. The van der Waals surface area contributed by atoms with E-state index in [1.807, 2.05) is 23.1 Å². The van der Waals surface area contributed by atoms with E-state index in [4.69, 9.17) is 23.2 Å². The first-order valence-corrected chi connectivity index (χ1v) is 10.9. The topological polar surface area (TPSA) is 116 Å². The number of phenolic OH excluding ortho intramolecular Hbond substituents is 1. The van der Waals surface area contributed by atoms with Gasteiger partial charge in [-0.2, -0.15) is 0 Å². The van der Waals surface area contributed by atoms with Crippen molar-refractivity contribution in [3.05, 3.63) is 86.5 Å². The van der Waals surface area contributed by atoms with Gasteiger partial charge in [0.25, 0.3) is 5.91 Å². The lowest BCUT2D eigenvalue weighted by molar-refractivity contribution is 0.0937. The standard InChI is InChI=1S/C22H18Cl2N6O3/c23-13-8-15(21(32)16(24)9-13)22(33)27-14-10-17(12-3-4-26-20(31)7-12)29(11-14)19-2-1-18-25-5-6-30(18)28-19/h1-9,14,17,32H,10-11H2,(H,26,31)(H,27,33)/t14-,17?/m0/s1. The van der Waals surface area contributed by atoms with Crippen LogP contribution < -0.4 is 15.8 Å². The van der Waals surface area contributed by atoms with Gasteiger partial charge >= 0.3 is 0 Å². The number of nitrogens with zero attached hydrogens (tertiary/aromatic N) is 4. The van der Waals surface area contributed by atoms with Crippen molar-refractivity contribution in [1.82, 2.24) is 24.9 Å². The molecule has 1 amide bonds. The van der Waals surface area contributed by atoms with Gasteiger partial charge in [-0.05, 0) is 42.3 Å². The van der Waals surface area contributed by atoms with E-state index < -0.39 is 5.91 Å². The molecule has 1 aliphatic rings. The summed E-state index contributed by atoms with van der Waals surface area (Å²) in [4.78, 5) is 33.7. The summed E-state index contributed by atoms with van der Waals surface area (Å²) in [5.74, 6) is -0.144. The molecule has 4 heterocycles. The SMILES string of the molecule is O=C(N[C@H]1CC(c2cc[nH]c(=O)c2)N(c2ccc3nccn3n2)C1)c1cc(Cl)cc(Cl)c1O. The average molecular weight is 485 g/mol. The summed E-state index contributed by atoms with van der Waals surface area (Å²) < 4.78 is 1.67. The molecule has 0 radical (unpaired) electrons. The fourth-order valence-electron chi connectivity index (χ4n) is 4.14. The van der Waals surface area contributed by atoms with Gasteiger partial charge in [0, 0.05) is 42.3 Å². The lowest BCUT2D eigenvalue weighted by Crippen LogP contribution is -2.37. The fourth-order valence-corrected chi connectivity index (χ4v) is 4.63. The molecular weight excluding hydrogens is 467 g/mol. The van der Waals surface area contributed by atoms with Gasteiger partial charge in [-0.25, -0.2) is 9.50 Å². The number of H-pyrrole nitrogens is 1. The Kier molecular flexibility index (Phi) is 5.43. The van der Waals surface area contributed by atoms with E-state index >= 15 is 0 Å². The fraction of sp³-hybridized carbons (Fsp3) is 0.182. The number of rotatable bonds is 4. The molecule has 3 N–H and O–H groups in total. The number of carbonyl (C=O) groups excluding carboxylic acids is 1. The molecule has 0 saturated carbocycles. The highest BCUT2D eigenvalue weighted by Crippen LogP contribution is 2.36. The third kappa shape index (κ3) is 4.12. The molecule has 11 heteroatoms. The molecule has 9 nitrogen and oxygen atoms in total. The summed E-state index contributed by atoms with van der Waals surface area (Å²) >= 11 is 12.0. The normalized spacial score (nSPS) is 18.1. The van der Waals surface area contributed by atoms with Crippen LogP contribution in [0, 0.1) is 0 Å². The first-order chi connectivity index (χ1) is 15.9. The summed E-state index contributed by atoms with van der Waals surface area (Å²) in [5, 5.41) is 18.0. The zero-order valence-corrected chi connectivity index (χ0v) is 18.6. The summed E-state index contributed by atoms with van der Waals surface area (Å²) in [7, 11) is 0. The molecule has 168 valence electrons. The quantitative estimate of drug-likeness (QED) is 0.409. The number of benzene rings is 1. The average Bonchev–Trinajstić information content (AvgIpc) is 3.42. The van der Waals surface area contributed by atoms with Crippen LogP contribution in [0.15, 0.2) is 59.8 Å². The number of anilines is 1. The van der Waals surface area contributed by atoms with Crippen molar-refractivity contribution in [2.24, 2.45) is 0 Å². The third-order valence-electron chi connectivity index (χ3n) is 5.63. The number of halogens is 2. The lowest BCUT2D eigenvalue weighted by Gasteiger charge is -2.25. The molecule has 4 aromatic rings. The lowest BCUT2D eigenvalue weighted by atomic mass is 10.0. The Labute approximate surface area is 197 Å². The molecule has 33 heavy (non-hydrogen) atoms. The van der Waals surface area contributed by atoms with Crippen LogP contribution in [0.2, 0.25) is 10.0 Å². The van der Waals surface area contributed by atoms with Crippen LogP contribution in [0.4, 0.5) is 5.82 Å². The maximum absolute atomic E-state index is 12.9. The Hall–Kier alpha value is -3.56. The number of aromatic amines is 1. The second-order valence-corrected chi connectivity index (χ2v) is 8.61. The highest BCUT2D eigenvalue weighted by Gasteiger charge is 2.35. The highest BCUT2D eigenvalue weighted by atomic mass is 35.5. The highest BCUT2D eigenvalue weighted by molar-refractivity contribution is 6.36. The molecule has 0 spiro atoms. The molecule has 3 aromatic heterocycles. The van der Waals surface area contributed by atoms with Crippen LogP contribution in [0.25, 0.3) is 5.65 Å². The zero-order chi connectivity index (χ0) is 23.1. The number of aromatic nitrogens is 4. The maximum Gasteiger partial charge on any atom is 0.255 e. The predicted molar refractivity (Wildman–Crippen MR) is 124 cm³/mol. The molecule has 1 saturated heterocycles. The first-order valence-electron chi connectivity index (χ1n) is 10.1. The summed E-state index contributed by atoms with van der Waals surface area (Å²) in [6.07, 6.45) is 5.53. The number of aromatic hydroxyl groups is 1. The Morgan fingerprint density at radius 3 is 2.88 bits per heavy atom. The number of pyridine rings is 1. The Balaban J connectivity index is 1.46. The Morgan fingerprint density at radius 1 is 1.21 bits per heavy atom. The van der Waals surface area contributed by atoms with Crippen LogP contribution in [0.1, 0.15) is 28.4 Å². The summed E-state index contributed by atoms with van der Waals surface area (Å²) in [6, 6.07) is 9.33. The van der Waals surface area contributed by atoms with E-state index in [1.165, 1.54) is 12.1 Å². The van der Waals surface area contributed by atoms with Gasteiger partial charge in [0.1, 0.15) is 11.6 Å². The molecule has 1 fully saturated rings. The minimum Gasteiger partial charge on any atom is -0.506 e. The Bertz CT molecular complexity index is 1420. The van der Waals surface area contributed by atoms with Gasteiger partial charge in [-0.3, -0.25) is 9.59 Å². The van der Waals surface area contributed by atoms with E-state index in [0.29, 0.717) is 24.4 Å². The van der Waals surface area contributed by atoms with Gasteiger partial charge in [0.2, 0.25) is 5.56 Å². The monoisotopic (exact) mass is 484 g/mol. The largest absolute Gasteiger partial charge is 0.506 e. The molecular formula is C22H18Cl2N6O3. The first kappa shape index (κ1) is 21.3. The van der Waals surface area contributed by atoms with E-state index in [-0.39, 0.29) is 39.0 Å². The van der Waals surface area contributed by atoms with Crippen molar-refractivity contribution >= 4 is 40.6 Å². The van der Waals surface area contributed by atoms with E-state index in [1.54, 1.807) is 29.2 Å². The Morgan fingerprint density at radius 2 is 2.06 bits per heavy atom. The number of carbonyl (C=O) groups is 1. The number of amides is 1. The zero-order valence-electron chi connectivity index (χ0n) is 17.1. The molecule has 1 aliphatic heterocycles. The smallest absolute Gasteiger partial charge is 0.255 e. The van der Waals surface area contributed by atoms with Crippen LogP contribution >= 0.6 is 23.2 Å². The number of hydrogen-bond acceptors (Lipinski definition) is 6. The number of nitrogens with one attached hydrogen (secondary N) is 2. The van der Waals surface area contributed by atoms with Crippen molar-refractivity contribution in [3.8, 4) is 5.75 Å². The van der Waals surface area contributed by atoms with E-state index in [0.717, 1.165) is 5.56 Å². The van der Waals surface area contributed by atoms with Gasteiger partial charge in [-0.15, -0.1) is 5.10 Å². The molecule has 0 bridgehead atoms. The number of imidazole rings is 1. The van der Waals surface area contributed by atoms with Crippen molar-refractivity contribution in [2.75, 3.05) is 11.4 Å². The predicted octanol–water partition coefficient (Wildman–Crippen LogP) is 3.18. The van der Waals surface area contributed by atoms with Crippen molar-refractivity contribution in [1.29, 1.82) is 0 Å². The third-order valence-corrected chi connectivity index (χ3v) is 6.13. The van der Waals surface area contributed by atoms with Gasteiger partial charge in [0.15, 0.2) is 5.65 Å². The second-order valence-electron chi connectivity index (χ2n) is 7.77. The van der Waals surface area contributed by atoms with Crippen LogP contribution in [0.3, 0.4) is 0 Å². The van der Waals surface area contributed by atoms with Crippen molar-refractivity contribution in [3.63, 3.8) is 0 Å². The van der Waals surface area contributed by atoms with E-state index in [2.05, 4.69) is 20.4 Å². The molecule has 2 atom stereocenters. The molecule has 0 aliphatic carbocycles. The summed E-state index contributed by atoms with van der Waals surface area (Å²) in [6.45, 7) is 0.436. The van der Waals surface area contributed by atoms with Crippen LogP contribution in [-0.2, 0) is 0 Å². The van der Waals surface area contributed by atoms with Crippen LogP contribution in [-0.4, -0.2) is 43.2 Å². The van der Waals surface area contributed by atoms with Gasteiger partial charge in [0.05, 0.1) is 16.6 Å². The minimum atomic E-state index is -0.494. The summed E-state index contributed by atoms with van der Waals surface area (Å²) in [5.41, 5.74) is 1.30. The van der Waals surface area contributed by atoms with Gasteiger partial charge < -0.3 is 20.3 Å².